The first-order valence-corrected chi connectivity index (χ1v) is 4.27. The molecular weight excluding hydrogens is 145 g/mol. The molecule has 2 nitrogen and oxygen atoms in total. The molecule has 0 aliphatic carbocycles. The Kier molecular flexibility index (Phi) is 1.65. The molecule has 2 aliphatic heterocycles. The smallest absolute Gasteiger partial charge is 0.115 e. The van der Waals surface area contributed by atoms with Crippen LogP contribution in [0.1, 0.15) is 19.3 Å². The number of alkyl halides is 1. The minimum Gasteiger partial charge on any atom is -0.394 e. The van der Waals surface area contributed by atoms with Gasteiger partial charge in [-0.25, -0.2) is 4.39 Å². The van der Waals surface area contributed by atoms with Crippen molar-refractivity contribution >= 4 is 0 Å². The van der Waals surface area contributed by atoms with Crippen molar-refractivity contribution in [2.24, 2.45) is 0 Å². The fourth-order valence-electron chi connectivity index (χ4n) is 2.47. The van der Waals surface area contributed by atoms with Crippen LogP contribution in [0.3, 0.4) is 0 Å². The lowest BCUT2D eigenvalue weighted by Gasteiger charge is -2.28. The molecule has 2 rings (SSSR count). The quantitative estimate of drug-likeness (QED) is 0.604. The van der Waals surface area contributed by atoms with Gasteiger partial charge in [-0.15, -0.1) is 0 Å². The molecule has 2 saturated heterocycles. The van der Waals surface area contributed by atoms with Gasteiger partial charge in [-0.05, 0) is 19.4 Å². The summed E-state index contributed by atoms with van der Waals surface area (Å²) in [4.78, 5) is 2.11. The average molecular weight is 159 g/mol. The second-order valence-electron chi connectivity index (χ2n) is 3.73. The number of aliphatic hydroxyl groups excluding tert-OH is 1. The van der Waals surface area contributed by atoms with Gasteiger partial charge in [-0.2, -0.15) is 0 Å². The van der Waals surface area contributed by atoms with Gasteiger partial charge in [-0.1, -0.05) is 0 Å². The zero-order chi connectivity index (χ0) is 7.90. The van der Waals surface area contributed by atoms with Gasteiger partial charge in [0.15, 0.2) is 0 Å². The molecule has 2 aliphatic rings. The molecular formula is C8H14FNO. The maximum atomic E-state index is 12.9. The van der Waals surface area contributed by atoms with Crippen LogP contribution in [0, 0.1) is 0 Å². The lowest BCUT2D eigenvalue weighted by molar-refractivity contribution is 0.0996. The summed E-state index contributed by atoms with van der Waals surface area (Å²) in [5, 5.41) is 9.14. The van der Waals surface area contributed by atoms with Gasteiger partial charge in [0.2, 0.25) is 0 Å². The number of hydrogen-bond acceptors (Lipinski definition) is 2. The molecule has 2 atom stereocenters. The predicted octanol–water partition coefficient (Wildman–Crippen LogP) is 0.555. The Labute approximate surface area is 66.0 Å². The van der Waals surface area contributed by atoms with E-state index in [1.54, 1.807) is 0 Å². The van der Waals surface area contributed by atoms with Crippen molar-refractivity contribution in [3.63, 3.8) is 0 Å². The Hall–Kier alpha value is -0.150. The Morgan fingerprint density at radius 2 is 2.45 bits per heavy atom. The van der Waals surface area contributed by atoms with E-state index in [0.717, 1.165) is 19.4 Å². The van der Waals surface area contributed by atoms with Crippen molar-refractivity contribution in [1.82, 2.24) is 4.90 Å². The first-order valence-electron chi connectivity index (χ1n) is 4.27. The van der Waals surface area contributed by atoms with Crippen molar-refractivity contribution in [1.29, 1.82) is 0 Å². The molecule has 0 unspecified atom stereocenters. The van der Waals surface area contributed by atoms with Crippen molar-refractivity contribution in [2.45, 2.75) is 31.0 Å². The fraction of sp³-hybridized carbons (Fsp3) is 1.00. The van der Waals surface area contributed by atoms with Crippen molar-refractivity contribution in [3.05, 3.63) is 0 Å². The molecule has 2 heterocycles. The number of nitrogens with zero attached hydrogens (tertiary/aromatic N) is 1. The molecule has 0 amide bonds. The minimum absolute atomic E-state index is 0.132. The number of aliphatic hydroxyl groups is 1. The summed E-state index contributed by atoms with van der Waals surface area (Å²) in [5.74, 6) is 0. The van der Waals surface area contributed by atoms with Crippen LogP contribution in [0.5, 0.6) is 0 Å². The van der Waals surface area contributed by atoms with Crippen LogP contribution < -0.4 is 0 Å². The summed E-state index contributed by atoms with van der Waals surface area (Å²) in [6, 6.07) is 0. The molecule has 0 radical (unpaired) electrons. The standard InChI is InChI=1S/C8H14FNO/c9-7-4-8(6-11)2-1-3-10(8)5-7/h7,11H,1-6H2/t7-,8+/m0/s1. The molecule has 3 heteroatoms. The van der Waals surface area contributed by atoms with E-state index in [1.165, 1.54) is 0 Å². The zero-order valence-electron chi connectivity index (χ0n) is 6.59. The molecule has 0 bridgehead atoms. The van der Waals surface area contributed by atoms with E-state index in [2.05, 4.69) is 4.90 Å². The Balaban J connectivity index is 2.15. The Morgan fingerprint density at radius 3 is 3.09 bits per heavy atom. The number of fused-ring (bicyclic) bond motifs is 1. The highest BCUT2D eigenvalue weighted by Crippen LogP contribution is 2.39. The molecule has 0 spiro atoms. The highest BCUT2D eigenvalue weighted by molar-refractivity contribution is 5.03. The Morgan fingerprint density at radius 1 is 1.64 bits per heavy atom. The van der Waals surface area contributed by atoms with Crippen LogP contribution in [0.4, 0.5) is 4.39 Å². The van der Waals surface area contributed by atoms with Crippen molar-refractivity contribution in [2.75, 3.05) is 19.7 Å². The van der Waals surface area contributed by atoms with E-state index in [9.17, 15) is 4.39 Å². The largest absolute Gasteiger partial charge is 0.394 e. The number of halogens is 1. The first kappa shape index (κ1) is 7.50. The van der Waals surface area contributed by atoms with Crippen LogP contribution in [0.25, 0.3) is 0 Å². The second kappa shape index (κ2) is 2.42. The van der Waals surface area contributed by atoms with E-state index >= 15 is 0 Å². The molecule has 0 aromatic carbocycles. The summed E-state index contributed by atoms with van der Waals surface area (Å²) in [6.07, 6.45) is 1.93. The lowest BCUT2D eigenvalue weighted by Crippen LogP contribution is -2.41. The molecule has 1 N–H and O–H groups in total. The molecule has 2 fully saturated rings. The topological polar surface area (TPSA) is 23.5 Å². The van der Waals surface area contributed by atoms with Crippen LogP contribution in [0.15, 0.2) is 0 Å². The second-order valence-corrected chi connectivity index (χ2v) is 3.73. The van der Waals surface area contributed by atoms with E-state index in [1.807, 2.05) is 0 Å². The lowest BCUT2D eigenvalue weighted by atomic mass is 9.95. The normalized spacial score (nSPS) is 44.7. The van der Waals surface area contributed by atoms with Gasteiger partial charge >= 0.3 is 0 Å². The molecule has 11 heavy (non-hydrogen) atoms. The minimum atomic E-state index is -0.706. The molecule has 0 aromatic rings. The summed E-state index contributed by atoms with van der Waals surface area (Å²) in [7, 11) is 0. The van der Waals surface area contributed by atoms with Gasteiger partial charge in [-0.3, -0.25) is 4.90 Å². The highest BCUT2D eigenvalue weighted by Gasteiger charge is 2.47. The van der Waals surface area contributed by atoms with Crippen LogP contribution in [-0.4, -0.2) is 41.4 Å². The van der Waals surface area contributed by atoms with Gasteiger partial charge in [0.25, 0.3) is 0 Å². The van der Waals surface area contributed by atoms with Gasteiger partial charge in [0.05, 0.1) is 6.61 Å². The third kappa shape index (κ3) is 0.983. The van der Waals surface area contributed by atoms with E-state index in [4.69, 9.17) is 5.11 Å². The maximum Gasteiger partial charge on any atom is 0.115 e. The van der Waals surface area contributed by atoms with Crippen LogP contribution in [0.2, 0.25) is 0 Å². The van der Waals surface area contributed by atoms with Crippen molar-refractivity contribution < 1.29 is 9.50 Å². The van der Waals surface area contributed by atoms with E-state index in [-0.39, 0.29) is 12.1 Å². The third-order valence-electron chi connectivity index (χ3n) is 3.06. The van der Waals surface area contributed by atoms with E-state index < -0.39 is 6.17 Å². The molecule has 0 aromatic heterocycles. The monoisotopic (exact) mass is 159 g/mol. The summed E-state index contributed by atoms with van der Waals surface area (Å²) in [6.45, 7) is 1.65. The summed E-state index contributed by atoms with van der Waals surface area (Å²) in [5.41, 5.74) is -0.167. The summed E-state index contributed by atoms with van der Waals surface area (Å²) >= 11 is 0. The van der Waals surface area contributed by atoms with Gasteiger partial charge in [0.1, 0.15) is 6.17 Å². The maximum absolute atomic E-state index is 12.9. The molecule has 0 saturated carbocycles. The summed E-state index contributed by atoms with van der Waals surface area (Å²) < 4.78 is 12.9. The molecule has 64 valence electrons. The van der Waals surface area contributed by atoms with Gasteiger partial charge in [0, 0.05) is 18.5 Å². The van der Waals surface area contributed by atoms with Crippen LogP contribution >= 0.6 is 0 Å². The predicted molar refractivity (Wildman–Crippen MR) is 40.1 cm³/mol. The van der Waals surface area contributed by atoms with E-state index in [0.29, 0.717) is 13.0 Å². The highest BCUT2D eigenvalue weighted by atomic mass is 19.1. The average Bonchev–Trinajstić information content (AvgIpc) is 2.43. The Bertz CT molecular complexity index is 164. The van der Waals surface area contributed by atoms with Gasteiger partial charge < -0.3 is 5.11 Å². The van der Waals surface area contributed by atoms with Crippen LogP contribution in [-0.2, 0) is 0 Å². The zero-order valence-corrected chi connectivity index (χ0v) is 6.59. The third-order valence-corrected chi connectivity index (χ3v) is 3.06. The van der Waals surface area contributed by atoms with Crippen molar-refractivity contribution in [3.8, 4) is 0 Å². The SMILES string of the molecule is OC[C@]12CCCN1C[C@@H](F)C2. The fourth-order valence-corrected chi connectivity index (χ4v) is 2.47. The number of hydrogen-bond donors (Lipinski definition) is 1. The number of rotatable bonds is 1. The first-order chi connectivity index (χ1) is 5.27.